The van der Waals surface area contributed by atoms with E-state index in [2.05, 4.69) is 4.98 Å². The molecule has 100 valence electrons. The number of hydrogen-bond donors (Lipinski definition) is 1. The molecule has 0 aliphatic heterocycles. The van der Waals surface area contributed by atoms with E-state index in [9.17, 15) is 22.4 Å². The highest BCUT2D eigenvalue weighted by Gasteiger charge is 2.28. The molecule has 1 aromatic rings. The number of anilines is 1. The Labute approximate surface area is 99.9 Å². The molecule has 0 aromatic carbocycles. The number of rotatable bonds is 4. The Kier molecular flexibility index (Phi) is 4.10. The Morgan fingerprint density at radius 2 is 2.11 bits per heavy atom. The zero-order valence-electron chi connectivity index (χ0n) is 9.33. The molecule has 0 spiro atoms. The van der Waals surface area contributed by atoms with Crippen molar-refractivity contribution in [2.75, 3.05) is 18.5 Å². The average molecular weight is 266 g/mol. The molecule has 0 unspecified atom stereocenters. The summed E-state index contributed by atoms with van der Waals surface area (Å²) in [5.74, 6) is -2.51. The summed E-state index contributed by atoms with van der Waals surface area (Å²) >= 11 is 0. The van der Waals surface area contributed by atoms with Gasteiger partial charge in [0.1, 0.15) is 17.2 Å². The molecule has 0 saturated carbocycles. The lowest BCUT2D eigenvalue weighted by Crippen LogP contribution is -2.26. The molecule has 1 rings (SSSR count). The van der Waals surface area contributed by atoms with Crippen molar-refractivity contribution in [3.63, 3.8) is 0 Å². The third kappa shape index (κ3) is 3.86. The summed E-state index contributed by atoms with van der Waals surface area (Å²) < 4.78 is 48.9. The number of carbonyl (C=O) groups is 1. The average Bonchev–Trinajstić information content (AvgIpc) is 2.24. The molecule has 0 fully saturated rings. The van der Waals surface area contributed by atoms with Gasteiger partial charge in [0.2, 0.25) is 0 Å². The van der Waals surface area contributed by atoms with E-state index in [4.69, 9.17) is 5.11 Å². The quantitative estimate of drug-likeness (QED) is 0.850. The molecule has 0 saturated heterocycles. The number of pyridine rings is 1. The molecule has 0 amide bonds. The Hall–Kier alpha value is -1.86. The monoisotopic (exact) mass is 266 g/mol. The van der Waals surface area contributed by atoms with Crippen molar-refractivity contribution in [3.05, 3.63) is 23.6 Å². The molecular formula is C10H10F4N2O2. The molecule has 1 N–H and O–H groups in total. The van der Waals surface area contributed by atoms with E-state index in [0.29, 0.717) is 0 Å². The number of aromatic nitrogens is 1. The maximum atomic E-state index is 12.8. The second-order valence-corrected chi connectivity index (χ2v) is 3.62. The lowest BCUT2D eigenvalue weighted by Gasteiger charge is -2.20. The molecule has 0 aliphatic rings. The van der Waals surface area contributed by atoms with Crippen molar-refractivity contribution in [3.8, 4) is 0 Å². The van der Waals surface area contributed by atoms with Crippen LogP contribution in [0.3, 0.4) is 0 Å². The molecule has 8 heteroatoms. The van der Waals surface area contributed by atoms with Crippen molar-refractivity contribution in [1.82, 2.24) is 4.98 Å². The van der Waals surface area contributed by atoms with Gasteiger partial charge in [-0.25, -0.2) is 14.2 Å². The molecular weight excluding hydrogens is 256 g/mol. The van der Waals surface area contributed by atoms with Gasteiger partial charge < -0.3 is 10.0 Å². The van der Waals surface area contributed by atoms with Crippen LogP contribution in [0.4, 0.5) is 23.4 Å². The highest BCUT2D eigenvalue weighted by Crippen LogP contribution is 2.23. The summed E-state index contributed by atoms with van der Waals surface area (Å²) in [6, 6.07) is 0.717. The van der Waals surface area contributed by atoms with Crippen LogP contribution in [0.15, 0.2) is 12.3 Å². The second-order valence-electron chi connectivity index (χ2n) is 3.62. The number of alkyl halides is 3. The lowest BCUT2D eigenvalue weighted by molar-refractivity contribution is -0.132. The van der Waals surface area contributed by atoms with Gasteiger partial charge in [0, 0.05) is 13.6 Å². The smallest absolute Gasteiger partial charge is 0.390 e. The van der Waals surface area contributed by atoms with Gasteiger partial charge >= 0.3 is 12.1 Å². The SMILES string of the molecule is CN(CCC(F)(F)F)c1ncc(F)cc1C(=O)O. The summed E-state index contributed by atoms with van der Waals surface area (Å²) in [6.07, 6.45) is -4.70. The van der Waals surface area contributed by atoms with Gasteiger partial charge in [0.25, 0.3) is 0 Å². The van der Waals surface area contributed by atoms with Crippen LogP contribution >= 0.6 is 0 Å². The highest BCUT2D eigenvalue weighted by molar-refractivity contribution is 5.93. The van der Waals surface area contributed by atoms with E-state index >= 15 is 0 Å². The van der Waals surface area contributed by atoms with Gasteiger partial charge in [-0.05, 0) is 6.07 Å². The molecule has 0 aliphatic carbocycles. The summed E-state index contributed by atoms with van der Waals surface area (Å²) in [6.45, 7) is -0.456. The fraction of sp³-hybridized carbons (Fsp3) is 0.400. The number of hydrogen-bond acceptors (Lipinski definition) is 3. The van der Waals surface area contributed by atoms with Crippen LogP contribution in [-0.4, -0.2) is 35.8 Å². The van der Waals surface area contributed by atoms with E-state index in [1.54, 1.807) is 0 Å². The first-order valence-electron chi connectivity index (χ1n) is 4.87. The molecule has 0 radical (unpaired) electrons. The zero-order valence-corrected chi connectivity index (χ0v) is 9.33. The maximum absolute atomic E-state index is 12.8. The van der Waals surface area contributed by atoms with Crippen molar-refractivity contribution in [1.29, 1.82) is 0 Å². The summed E-state index contributed by atoms with van der Waals surface area (Å²) in [7, 11) is 1.26. The fourth-order valence-electron chi connectivity index (χ4n) is 1.29. The highest BCUT2D eigenvalue weighted by atomic mass is 19.4. The Balaban J connectivity index is 2.91. The zero-order chi connectivity index (χ0) is 13.9. The Bertz CT molecular complexity index is 448. The molecule has 0 bridgehead atoms. The largest absolute Gasteiger partial charge is 0.478 e. The van der Waals surface area contributed by atoms with Crippen molar-refractivity contribution in [2.24, 2.45) is 0 Å². The van der Waals surface area contributed by atoms with Crippen LogP contribution in [0.2, 0.25) is 0 Å². The molecule has 18 heavy (non-hydrogen) atoms. The molecule has 4 nitrogen and oxygen atoms in total. The first kappa shape index (κ1) is 14.2. The number of aromatic carboxylic acids is 1. The van der Waals surface area contributed by atoms with Crippen LogP contribution in [0, 0.1) is 5.82 Å². The molecule has 1 aromatic heterocycles. The van der Waals surface area contributed by atoms with Crippen LogP contribution in [-0.2, 0) is 0 Å². The normalized spacial score (nSPS) is 11.4. The molecule has 1 heterocycles. The van der Waals surface area contributed by atoms with Gasteiger partial charge in [-0.2, -0.15) is 13.2 Å². The van der Waals surface area contributed by atoms with E-state index in [1.165, 1.54) is 7.05 Å². The summed E-state index contributed by atoms with van der Waals surface area (Å²) in [5.41, 5.74) is -0.473. The van der Waals surface area contributed by atoms with Crippen molar-refractivity contribution < 1.29 is 27.5 Å². The third-order valence-corrected chi connectivity index (χ3v) is 2.16. The van der Waals surface area contributed by atoms with E-state index in [0.717, 1.165) is 17.2 Å². The van der Waals surface area contributed by atoms with Crippen LogP contribution in [0.5, 0.6) is 0 Å². The minimum atomic E-state index is -4.35. The van der Waals surface area contributed by atoms with Crippen LogP contribution < -0.4 is 4.90 Å². The van der Waals surface area contributed by atoms with Gasteiger partial charge in [-0.3, -0.25) is 0 Å². The topological polar surface area (TPSA) is 53.4 Å². The van der Waals surface area contributed by atoms with Gasteiger partial charge in [-0.1, -0.05) is 0 Å². The first-order chi connectivity index (χ1) is 8.20. The fourth-order valence-corrected chi connectivity index (χ4v) is 1.29. The Morgan fingerprint density at radius 1 is 1.50 bits per heavy atom. The van der Waals surface area contributed by atoms with E-state index in [-0.39, 0.29) is 5.82 Å². The van der Waals surface area contributed by atoms with Crippen LogP contribution in [0.1, 0.15) is 16.8 Å². The predicted molar refractivity (Wildman–Crippen MR) is 55.1 cm³/mol. The number of carboxylic acids is 1. The minimum Gasteiger partial charge on any atom is -0.478 e. The van der Waals surface area contributed by atoms with Gasteiger partial charge in [-0.15, -0.1) is 0 Å². The standard InChI is InChI=1S/C10H10F4N2O2/c1-16(3-2-10(12,13)14)8-7(9(17)18)4-6(11)5-15-8/h4-5H,2-3H2,1H3,(H,17,18). The number of halogens is 4. The van der Waals surface area contributed by atoms with Crippen molar-refractivity contribution in [2.45, 2.75) is 12.6 Å². The second kappa shape index (κ2) is 5.19. The first-order valence-corrected chi connectivity index (χ1v) is 4.87. The van der Waals surface area contributed by atoms with Crippen molar-refractivity contribution >= 4 is 11.8 Å². The number of carboxylic acid groups (broad SMARTS) is 1. The molecule has 0 atom stereocenters. The maximum Gasteiger partial charge on any atom is 0.390 e. The predicted octanol–water partition coefficient (Wildman–Crippen LogP) is 2.31. The third-order valence-electron chi connectivity index (χ3n) is 2.16. The van der Waals surface area contributed by atoms with Gasteiger partial charge in [0.15, 0.2) is 0 Å². The summed E-state index contributed by atoms with van der Waals surface area (Å²) in [4.78, 5) is 15.4. The van der Waals surface area contributed by atoms with E-state index in [1.807, 2.05) is 0 Å². The lowest BCUT2D eigenvalue weighted by atomic mass is 10.2. The van der Waals surface area contributed by atoms with E-state index < -0.39 is 36.5 Å². The Morgan fingerprint density at radius 3 is 2.61 bits per heavy atom. The minimum absolute atomic E-state index is 0.201. The summed E-state index contributed by atoms with van der Waals surface area (Å²) in [5, 5.41) is 8.81. The number of nitrogens with zero attached hydrogens (tertiary/aromatic N) is 2. The van der Waals surface area contributed by atoms with Crippen LogP contribution in [0.25, 0.3) is 0 Å². The van der Waals surface area contributed by atoms with Gasteiger partial charge in [0.05, 0.1) is 12.6 Å².